The van der Waals surface area contributed by atoms with E-state index < -0.39 is 17.8 Å². The Bertz CT molecular complexity index is 594. The van der Waals surface area contributed by atoms with Crippen LogP contribution in [0.2, 0.25) is 0 Å². The Morgan fingerprint density at radius 3 is 2.62 bits per heavy atom. The third-order valence-electron chi connectivity index (χ3n) is 4.49. The van der Waals surface area contributed by atoms with Crippen LogP contribution in [0, 0.1) is 30.6 Å². The summed E-state index contributed by atoms with van der Waals surface area (Å²) in [4.78, 5) is 27.9. The van der Waals surface area contributed by atoms with Gasteiger partial charge in [-0.05, 0) is 36.8 Å². The van der Waals surface area contributed by atoms with E-state index in [1.54, 1.807) is 6.20 Å². The second-order valence-corrected chi connectivity index (χ2v) is 5.86. The quantitative estimate of drug-likeness (QED) is 0.823. The molecule has 1 fully saturated rings. The Hall–Kier alpha value is -2.17. The number of amides is 1. The summed E-state index contributed by atoms with van der Waals surface area (Å²) < 4.78 is 0. The SMILES string of the molecule is Cc1ccc(CNC(=O)C2C3C=CC(C3)C2C(=O)O)cn1. The van der Waals surface area contributed by atoms with E-state index in [2.05, 4.69) is 10.3 Å². The van der Waals surface area contributed by atoms with Crippen LogP contribution in [0.5, 0.6) is 0 Å². The lowest BCUT2D eigenvalue weighted by atomic mass is 9.82. The van der Waals surface area contributed by atoms with Gasteiger partial charge in [-0.3, -0.25) is 14.6 Å². The van der Waals surface area contributed by atoms with E-state index >= 15 is 0 Å². The molecule has 0 aromatic carbocycles. The van der Waals surface area contributed by atoms with Crippen molar-refractivity contribution in [3.8, 4) is 0 Å². The highest BCUT2D eigenvalue weighted by Gasteiger charge is 2.51. The van der Waals surface area contributed by atoms with Gasteiger partial charge in [-0.1, -0.05) is 18.2 Å². The summed E-state index contributed by atoms with van der Waals surface area (Å²) in [6, 6.07) is 3.81. The highest BCUT2D eigenvalue weighted by Crippen LogP contribution is 2.48. The van der Waals surface area contributed by atoms with Gasteiger partial charge in [0.15, 0.2) is 0 Å². The largest absolute Gasteiger partial charge is 0.481 e. The molecule has 110 valence electrons. The molecule has 2 bridgehead atoms. The van der Waals surface area contributed by atoms with E-state index in [1.165, 1.54) is 0 Å². The van der Waals surface area contributed by atoms with Gasteiger partial charge in [0.05, 0.1) is 11.8 Å². The summed E-state index contributed by atoms with van der Waals surface area (Å²) >= 11 is 0. The van der Waals surface area contributed by atoms with Crippen LogP contribution in [0.15, 0.2) is 30.5 Å². The van der Waals surface area contributed by atoms with E-state index in [-0.39, 0.29) is 17.7 Å². The molecule has 4 unspecified atom stereocenters. The number of hydrogen-bond donors (Lipinski definition) is 2. The number of carbonyl (C=O) groups excluding carboxylic acids is 1. The number of carboxylic acids is 1. The number of nitrogens with zero attached hydrogens (tertiary/aromatic N) is 1. The van der Waals surface area contributed by atoms with Gasteiger partial charge >= 0.3 is 5.97 Å². The maximum absolute atomic E-state index is 12.4. The molecule has 1 heterocycles. The molecule has 5 heteroatoms. The molecule has 0 aliphatic heterocycles. The first-order valence-electron chi connectivity index (χ1n) is 7.16. The second-order valence-electron chi connectivity index (χ2n) is 5.86. The lowest BCUT2D eigenvalue weighted by molar-refractivity contribution is -0.147. The average molecular weight is 286 g/mol. The number of hydrogen-bond acceptors (Lipinski definition) is 3. The molecule has 21 heavy (non-hydrogen) atoms. The van der Waals surface area contributed by atoms with Crippen molar-refractivity contribution in [2.24, 2.45) is 23.7 Å². The summed E-state index contributed by atoms with van der Waals surface area (Å²) in [6.45, 7) is 2.29. The fourth-order valence-corrected chi connectivity index (χ4v) is 3.43. The minimum Gasteiger partial charge on any atom is -0.481 e. The van der Waals surface area contributed by atoms with E-state index in [4.69, 9.17) is 0 Å². The standard InChI is InChI=1S/C16H18N2O3/c1-9-2-3-10(7-17-9)8-18-15(19)13-11-4-5-12(6-11)14(13)16(20)21/h2-5,7,11-14H,6,8H2,1H3,(H,18,19)(H,20,21). The van der Waals surface area contributed by atoms with Crippen molar-refractivity contribution in [3.05, 3.63) is 41.7 Å². The molecular formula is C16H18N2O3. The lowest BCUT2D eigenvalue weighted by Crippen LogP contribution is -2.39. The number of allylic oxidation sites excluding steroid dienone is 2. The monoisotopic (exact) mass is 286 g/mol. The Kier molecular flexibility index (Phi) is 3.49. The van der Waals surface area contributed by atoms with Crippen LogP contribution in [0.25, 0.3) is 0 Å². The molecule has 0 saturated heterocycles. The van der Waals surface area contributed by atoms with Gasteiger partial charge in [0.2, 0.25) is 5.91 Å². The highest BCUT2D eigenvalue weighted by molar-refractivity contribution is 5.86. The minimum atomic E-state index is -0.871. The normalized spacial score (nSPS) is 29.6. The molecule has 2 aliphatic carbocycles. The van der Waals surface area contributed by atoms with Crippen LogP contribution >= 0.6 is 0 Å². The van der Waals surface area contributed by atoms with Gasteiger partial charge in [-0.25, -0.2) is 0 Å². The van der Waals surface area contributed by atoms with Gasteiger partial charge in [-0.15, -0.1) is 0 Å². The number of rotatable bonds is 4. The summed E-state index contributed by atoms with van der Waals surface area (Å²) in [7, 11) is 0. The molecule has 1 saturated carbocycles. The minimum absolute atomic E-state index is 0.00397. The van der Waals surface area contributed by atoms with Crippen LogP contribution in [-0.2, 0) is 16.1 Å². The maximum atomic E-state index is 12.4. The van der Waals surface area contributed by atoms with Crippen molar-refractivity contribution in [2.75, 3.05) is 0 Å². The molecule has 3 rings (SSSR count). The third-order valence-corrected chi connectivity index (χ3v) is 4.49. The summed E-state index contributed by atoms with van der Waals surface area (Å²) in [6.07, 6.45) is 6.44. The van der Waals surface area contributed by atoms with Crippen molar-refractivity contribution in [2.45, 2.75) is 19.9 Å². The number of fused-ring (bicyclic) bond motifs is 2. The molecule has 4 atom stereocenters. The Labute approximate surface area is 123 Å². The number of pyridine rings is 1. The lowest BCUT2D eigenvalue weighted by Gasteiger charge is -2.23. The first kappa shape index (κ1) is 13.8. The topological polar surface area (TPSA) is 79.3 Å². The van der Waals surface area contributed by atoms with E-state index in [9.17, 15) is 14.7 Å². The first-order valence-corrected chi connectivity index (χ1v) is 7.16. The van der Waals surface area contributed by atoms with E-state index in [0.29, 0.717) is 6.54 Å². The number of carboxylic acid groups (broad SMARTS) is 1. The zero-order valence-corrected chi connectivity index (χ0v) is 11.8. The van der Waals surface area contributed by atoms with Crippen molar-refractivity contribution in [1.82, 2.24) is 10.3 Å². The molecule has 2 N–H and O–H groups in total. The van der Waals surface area contributed by atoms with Gasteiger partial charge in [0.1, 0.15) is 0 Å². The number of aromatic nitrogens is 1. The fourth-order valence-electron chi connectivity index (χ4n) is 3.43. The third kappa shape index (κ3) is 2.55. The molecule has 1 amide bonds. The first-order chi connectivity index (χ1) is 10.1. The second kappa shape index (κ2) is 5.31. The van der Waals surface area contributed by atoms with Gasteiger partial charge in [0, 0.05) is 18.4 Å². The van der Waals surface area contributed by atoms with Crippen LogP contribution in [-0.4, -0.2) is 22.0 Å². The molecule has 5 nitrogen and oxygen atoms in total. The summed E-state index contributed by atoms with van der Waals surface area (Å²) in [5, 5.41) is 12.2. The molecule has 0 spiro atoms. The van der Waals surface area contributed by atoms with E-state index in [0.717, 1.165) is 17.7 Å². The van der Waals surface area contributed by atoms with Gasteiger partial charge in [-0.2, -0.15) is 0 Å². The van der Waals surface area contributed by atoms with Gasteiger partial charge in [0.25, 0.3) is 0 Å². The molecule has 1 aromatic rings. The van der Waals surface area contributed by atoms with Crippen LogP contribution in [0.1, 0.15) is 17.7 Å². The fraction of sp³-hybridized carbons (Fsp3) is 0.438. The molecular weight excluding hydrogens is 268 g/mol. The zero-order chi connectivity index (χ0) is 15.0. The Balaban J connectivity index is 1.66. The predicted octanol–water partition coefficient (Wildman–Crippen LogP) is 1.53. The number of aliphatic carboxylic acids is 1. The molecule has 2 aliphatic rings. The maximum Gasteiger partial charge on any atom is 0.307 e. The Morgan fingerprint density at radius 2 is 2.00 bits per heavy atom. The van der Waals surface area contributed by atoms with Crippen molar-refractivity contribution in [3.63, 3.8) is 0 Å². The smallest absolute Gasteiger partial charge is 0.307 e. The zero-order valence-electron chi connectivity index (χ0n) is 11.8. The predicted molar refractivity (Wildman–Crippen MR) is 76.2 cm³/mol. The summed E-state index contributed by atoms with van der Waals surface area (Å²) in [5.41, 5.74) is 1.84. The summed E-state index contributed by atoms with van der Waals surface area (Å²) in [5.74, 6) is -2.01. The number of carbonyl (C=O) groups is 2. The Morgan fingerprint density at radius 1 is 1.29 bits per heavy atom. The van der Waals surface area contributed by atoms with Crippen LogP contribution < -0.4 is 5.32 Å². The van der Waals surface area contributed by atoms with Crippen LogP contribution in [0.4, 0.5) is 0 Å². The van der Waals surface area contributed by atoms with Crippen LogP contribution in [0.3, 0.4) is 0 Å². The highest BCUT2D eigenvalue weighted by atomic mass is 16.4. The average Bonchev–Trinajstić information content (AvgIpc) is 3.06. The van der Waals surface area contributed by atoms with Crippen molar-refractivity contribution < 1.29 is 14.7 Å². The molecule has 0 radical (unpaired) electrons. The van der Waals surface area contributed by atoms with Crippen molar-refractivity contribution in [1.29, 1.82) is 0 Å². The van der Waals surface area contributed by atoms with E-state index in [1.807, 2.05) is 31.2 Å². The number of aryl methyl sites for hydroxylation is 1. The van der Waals surface area contributed by atoms with Crippen molar-refractivity contribution >= 4 is 11.9 Å². The number of nitrogens with one attached hydrogen (secondary N) is 1. The molecule has 1 aromatic heterocycles. The van der Waals surface area contributed by atoms with Gasteiger partial charge < -0.3 is 10.4 Å².